The van der Waals surface area contributed by atoms with E-state index in [-0.39, 0.29) is 48.2 Å². The smallest absolute Gasteiger partial charge is 0.271 e. The number of amides is 1. The second-order valence-electron chi connectivity index (χ2n) is 9.14. The van der Waals surface area contributed by atoms with E-state index in [2.05, 4.69) is 31.0 Å². The van der Waals surface area contributed by atoms with E-state index in [0.29, 0.717) is 17.0 Å². The standard InChI is InChI=1S/C24H27FN4O3S/c1-24(2,3)18-6-10-20(11-7-18)33(31,32)29-14-12-28(13-15-29)23(30)22-16-21(26-27-22)17-4-8-19(25)9-5-17/h4-11,16H,12-15H2,1-3H3,(H,26,27). The number of halogens is 1. The fourth-order valence-corrected chi connectivity index (χ4v) is 5.20. The third kappa shape index (κ3) is 4.84. The number of carbonyl (C=O) groups excluding carboxylic acids is 1. The first-order valence-electron chi connectivity index (χ1n) is 10.8. The highest BCUT2D eigenvalue weighted by atomic mass is 32.2. The largest absolute Gasteiger partial charge is 0.335 e. The second-order valence-corrected chi connectivity index (χ2v) is 11.1. The summed E-state index contributed by atoms with van der Waals surface area (Å²) in [6.07, 6.45) is 0. The first kappa shape index (κ1) is 23.1. The molecule has 9 heteroatoms. The van der Waals surface area contributed by atoms with Crippen molar-refractivity contribution in [3.05, 3.63) is 71.7 Å². The highest BCUT2D eigenvalue weighted by Gasteiger charge is 2.31. The molecular weight excluding hydrogens is 443 g/mol. The zero-order chi connectivity index (χ0) is 23.8. The molecule has 1 aliphatic rings. The van der Waals surface area contributed by atoms with Crippen LogP contribution in [-0.4, -0.2) is 59.9 Å². The van der Waals surface area contributed by atoms with Crippen LogP contribution in [-0.2, 0) is 15.4 Å². The normalized spacial score (nSPS) is 15.6. The Bertz CT molecular complexity index is 1240. The number of sulfonamides is 1. The summed E-state index contributed by atoms with van der Waals surface area (Å²) in [4.78, 5) is 14.7. The van der Waals surface area contributed by atoms with Crippen LogP contribution >= 0.6 is 0 Å². The number of hydrogen-bond donors (Lipinski definition) is 1. The summed E-state index contributed by atoms with van der Waals surface area (Å²) in [7, 11) is -3.63. The first-order valence-corrected chi connectivity index (χ1v) is 12.2. The van der Waals surface area contributed by atoms with Gasteiger partial charge in [0.25, 0.3) is 5.91 Å². The fraction of sp³-hybridized carbons (Fsp3) is 0.333. The molecule has 1 fully saturated rings. The average Bonchev–Trinajstić information content (AvgIpc) is 3.29. The zero-order valence-electron chi connectivity index (χ0n) is 18.9. The molecule has 0 saturated carbocycles. The van der Waals surface area contributed by atoms with Crippen LogP contribution in [0.15, 0.2) is 59.5 Å². The molecule has 0 unspecified atom stereocenters. The van der Waals surface area contributed by atoms with Gasteiger partial charge in [-0.15, -0.1) is 0 Å². The Morgan fingerprint density at radius 2 is 1.58 bits per heavy atom. The number of aromatic nitrogens is 2. The Hall–Kier alpha value is -3.04. The SMILES string of the molecule is CC(C)(C)c1ccc(S(=O)(=O)N2CCN(C(=O)c3cc(-c4ccc(F)cc4)n[nH]3)CC2)cc1. The maximum atomic E-state index is 13.1. The van der Waals surface area contributed by atoms with Crippen LogP contribution in [0.2, 0.25) is 0 Å². The van der Waals surface area contributed by atoms with E-state index in [9.17, 15) is 17.6 Å². The van der Waals surface area contributed by atoms with Crippen molar-refractivity contribution >= 4 is 15.9 Å². The molecule has 1 amide bonds. The van der Waals surface area contributed by atoms with Crippen LogP contribution in [0.4, 0.5) is 4.39 Å². The fourth-order valence-electron chi connectivity index (χ4n) is 3.78. The Kier molecular flexibility index (Phi) is 6.11. The molecule has 174 valence electrons. The van der Waals surface area contributed by atoms with Gasteiger partial charge in [0.15, 0.2) is 0 Å². The van der Waals surface area contributed by atoms with E-state index in [4.69, 9.17) is 0 Å². The lowest BCUT2D eigenvalue weighted by atomic mass is 9.87. The van der Waals surface area contributed by atoms with Gasteiger partial charge in [-0.1, -0.05) is 32.9 Å². The van der Waals surface area contributed by atoms with Gasteiger partial charge >= 0.3 is 0 Å². The van der Waals surface area contributed by atoms with Crippen LogP contribution in [0.3, 0.4) is 0 Å². The minimum atomic E-state index is -3.63. The van der Waals surface area contributed by atoms with Crippen LogP contribution < -0.4 is 0 Å². The summed E-state index contributed by atoms with van der Waals surface area (Å²) in [6.45, 7) is 7.23. The molecule has 0 bridgehead atoms. The van der Waals surface area contributed by atoms with E-state index >= 15 is 0 Å². The van der Waals surface area contributed by atoms with E-state index < -0.39 is 10.0 Å². The number of hydrogen-bond acceptors (Lipinski definition) is 4. The van der Waals surface area contributed by atoms with Crippen LogP contribution in [0.5, 0.6) is 0 Å². The second kappa shape index (κ2) is 8.72. The average molecular weight is 471 g/mol. The molecule has 0 radical (unpaired) electrons. The molecule has 0 atom stereocenters. The zero-order valence-corrected chi connectivity index (χ0v) is 19.7. The van der Waals surface area contributed by atoms with E-state index in [1.165, 1.54) is 16.4 Å². The first-order chi connectivity index (χ1) is 15.6. The summed E-state index contributed by atoms with van der Waals surface area (Å²) in [5, 5.41) is 6.88. The molecule has 7 nitrogen and oxygen atoms in total. The molecule has 2 heterocycles. The van der Waals surface area contributed by atoms with Crippen molar-refractivity contribution < 1.29 is 17.6 Å². The Morgan fingerprint density at radius 1 is 0.970 bits per heavy atom. The predicted molar refractivity (Wildman–Crippen MR) is 124 cm³/mol. The van der Waals surface area contributed by atoms with Gasteiger partial charge < -0.3 is 4.90 Å². The van der Waals surface area contributed by atoms with E-state index in [1.54, 1.807) is 35.2 Å². The number of aromatic amines is 1. The topological polar surface area (TPSA) is 86.4 Å². The number of nitrogens with zero attached hydrogens (tertiary/aromatic N) is 3. The summed E-state index contributed by atoms with van der Waals surface area (Å²) >= 11 is 0. The number of nitrogens with one attached hydrogen (secondary N) is 1. The summed E-state index contributed by atoms with van der Waals surface area (Å²) in [5.41, 5.74) is 2.55. The van der Waals surface area contributed by atoms with Crippen molar-refractivity contribution in [1.29, 1.82) is 0 Å². The number of rotatable bonds is 4. The molecule has 0 aliphatic carbocycles. The molecule has 2 aromatic carbocycles. The maximum Gasteiger partial charge on any atom is 0.271 e. The van der Waals surface area contributed by atoms with Crippen molar-refractivity contribution in [1.82, 2.24) is 19.4 Å². The Morgan fingerprint density at radius 3 is 2.15 bits per heavy atom. The van der Waals surface area contributed by atoms with Crippen LogP contribution in [0.1, 0.15) is 36.8 Å². The molecule has 1 aromatic heterocycles. The van der Waals surface area contributed by atoms with Crippen molar-refractivity contribution in [3.8, 4) is 11.3 Å². The van der Waals surface area contributed by atoms with Gasteiger partial charge in [0.2, 0.25) is 10.0 Å². The molecule has 1 saturated heterocycles. The van der Waals surface area contributed by atoms with Gasteiger partial charge in [0, 0.05) is 31.7 Å². The minimum Gasteiger partial charge on any atom is -0.335 e. The molecular formula is C24H27FN4O3S. The van der Waals surface area contributed by atoms with E-state index in [1.807, 2.05) is 12.1 Å². The highest BCUT2D eigenvalue weighted by molar-refractivity contribution is 7.89. The van der Waals surface area contributed by atoms with Gasteiger partial charge in [0.1, 0.15) is 11.5 Å². The summed E-state index contributed by atoms with van der Waals surface area (Å²) in [6, 6.07) is 14.5. The van der Waals surface area contributed by atoms with Gasteiger partial charge in [-0.2, -0.15) is 9.40 Å². The summed E-state index contributed by atoms with van der Waals surface area (Å²) in [5.74, 6) is -0.592. The van der Waals surface area contributed by atoms with Crippen LogP contribution in [0, 0.1) is 5.82 Å². The summed E-state index contributed by atoms with van der Waals surface area (Å²) < 4.78 is 40.7. The molecule has 0 spiro atoms. The molecule has 4 rings (SSSR count). The van der Waals surface area contributed by atoms with Crippen molar-refractivity contribution in [2.45, 2.75) is 31.1 Å². The maximum absolute atomic E-state index is 13.1. The quantitative estimate of drug-likeness (QED) is 0.631. The van der Waals surface area contributed by atoms with Crippen molar-refractivity contribution in [2.24, 2.45) is 0 Å². The van der Waals surface area contributed by atoms with Crippen molar-refractivity contribution in [3.63, 3.8) is 0 Å². The number of piperazine rings is 1. The van der Waals surface area contributed by atoms with Crippen molar-refractivity contribution in [2.75, 3.05) is 26.2 Å². The third-order valence-corrected chi connectivity index (χ3v) is 7.75. The van der Waals surface area contributed by atoms with Gasteiger partial charge in [-0.3, -0.25) is 9.89 Å². The lowest BCUT2D eigenvalue weighted by Gasteiger charge is -2.33. The van der Waals surface area contributed by atoms with Gasteiger partial charge in [-0.25, -0.2) is 12.8 Å². The molecule has 1 N–H and O–H groups in total. The number of benzene rings is 2. The predicted octanol–water partition coefficient (Wildman–Crippen LogP) is 3.66. The number of H-pyrrole nitrogens is 1. The third-order valence-electron chi connectivity index (χ3n) is 5.83. The minimum absolute atomic E-state index is 0.0580. The van der Waals surface area contributed by atoms with E-state index in [0.717, 1.165) is 5.56 Å². The Labute approximate surface area is 193 Å². The van der Waals surface area contributed by atoms with Gasteiger partial charge in [0.05, 0.1) is 10.6 Å². The lowest BCUT2D eigenvalue weighted by Crippen LogP contribution is -2.50. The highest BCUT2D eigenvalue weighted by Crippen LogP contribution is 2.25. The number of carbonyl (C=O) groups is 1. The molecule has 33 heavy (non-hydrogen) atoms. The van der Waals surface area contributed by atoms with Crippen LogP contribution in [0.25, 0.3) is 11.3 Å². The van der Waals surface area contributed by atoms with Gasteiger partial charge in [-0.05, 0) is 53.4 Å². The molecule has 3 aromatic rings. The Balaban J connectivity index is 1.41. The molecule has 1 aliphatic heterocycles. The monoisotopic (exact) mass is 470 g/mol. The lowest BCUT2D eigenvalue weighted by molar-refractivity contribution is 0.0692.